The van der Waals surface area contributed by atoms with Crippen LogP contribution in [-0.2, 0) is 29.0 Å². The van der Waals surface area contributed by atoms with Crippen molar-refractivity contribution in [3.63, 3.8) is 0 Å². The second-order valence-electron chi connectivity index (χ2n) is 15.8. The summed E-state index contributed by atoms with van der Waals surface area (Å²) in [5.74, 6) is 1.24. The summed E-state index contributed by atoms with van der Waals surface area (Å²) in [4.78, 5) is 69.4. The Bertz CT molecular complexity index is 1700. The Hall–Kier alpha value is -4.36. The summed E-state index contributed by atoms with van der Waals surface area (Å²) in [6.45, 7) is 9.51. The number of hydrogen-bond donors (Lipinski definition) is 4. The normalized spacial score (nSPS) is 22.9. The number of urea groups is 1. The van der Waals surface area contributed by atoms with Gasteiger partial charge in [0.2, 0.25) is 17.6 Å². The molecule has 3 fully saturated rings. The zero-order chi connectivity index (χ0) is 37.8. The Kier molecular flexibility index (Phi) is 12.0. The van der Waals surface area contributed by atoms with E-state index < -0.39 is 68.5 Å². The van der Waals surface area contributed by atoms with Crippen molar-refractivity contribution >= 4 is 39.4 Å². The first-order chi connectivity index (χ1) is 23.9. The molecule has 3 aliphatic rings. The average Bonchev–Trinajstić information content (AvgIpc) is 3.38. The molecular weight excluding hydrogens is 671 g/mol. The second kappa shape index (κ2) is 15.5. The quantitative estimate of drug-likeness (QED) is 0.179. The SMILES string of the molecule is C#CCCC(NC(=O)[C@@H]1[C@@H]2[C@H](CN1C(=O)[C@@H](NC(=O)NC1(CS(=O)(=O)c3ccccc3)CCCCC1)C(C)(C)C)C2(C)C)C(=O)C(=O)NCC#C. The number of fused-ring (bicyclic) bond motifs is 1. The van der Waals surface area contributed by atoms with E-state index in [2.05, 4.69) is 33.1 Å². The number of rotatable bonds is 13. The Morgan fingerprint density at radius 2 is 1.63 bits per heavy atom. The van der Waals surface area contributed by atoms with Crippen LogP contribution in [0.4, 0.5) is 4.79 Å². The van der Waals surface area contributed by atoms with Gasteiger partial charge < -0.3 is 26.2 Å². The molecule has 0 bridgehead atoms. The molecule has 2 aliphatic carbocycles. The van der Waals surface area contributed by atoms with Crippen LogP contribution >= 0.6 is 0 Å². The van der Waals surface area contributed by atoms with E-state index in [9.17, 15) is 32.4 Å². The molecule has 1 aromatic carbocycles. The standard InChI is InChI=1S/C38H51N5O7S/c1-8-10-19-27(30(44)33(46)39-22-9-2)40-32(45)29-28-26(37(28,6)7)23-43(29)34(47)31(36(3,4)5)41-35(48)42-38(20-15-12-16-21-38)24-51(49,50)25-17-13-11-14-18-25/h1-2,11,13-14,17-18,26-29,31H,10,12,15-16,19-24H2,3-7H3,(H,39,46)(H,40,45)(H2,41,42,48)/t26-,27?,28-,29-,31+/m0/s1. The number of benzene rings is 1. The molecule has 0 aromatic heterocycles. The van der Waals surface area contributed by atoms with Crippen LogP contribution in [0.25, 0.3) is 0 Å². The molecule has 276 valence electrons. The van der Waals surface area contributed by atoms with Crippen LogP contribution in [0.15, 0.2) is 35.2 Å². The summed E-state index contributed by atoms with van der Waals surface area (Å²) in [7, 11) is -3.74. The highest BCUT2D eigenvalue weighted by molar-refractivity contribution is 7.91. The van der Waals surface area contributed by atoms with Crippen LogP contribution in [0.1, 0.15) is 79.6 Å². The summed E-state index contributed by atoms with van der Waals surface area (Å²) >= 11 is 0. The number of nitrogens with zero attached hydrogens (tertiary/aromatic N) is 1. The van der Waals surface area contributed by atoms with Gasteiger partial charge in [0.25, 0.3) is 5.91 Å². The summed E-state index contributed by atoms with van der Waals surface area (Å²) in [6.07, 6.45) is 14.1. The molecule has 51 heavy (non-hydrogen) atoms. The van der Waals surface area contributed by atoms with Gasteiger partial charge in [-0.1, -0.05) is 78.0 Å². The van der Waals surface area contributed by atoms with E-state index in [0.29, 0.717) is 12.8 Å². The number of carbonyl (C=O) groups is 5. The first kappa shape index (κ1) is 39.4. The molecule has 5 atom stereocenters. The highest BCUT2D eigenvalue weighted by atomic mass is 32.2. The van der Waals surface area contributed by atoms with Crippen LogP contribution < -0.4 is 21.3 Å². The highest BCUT2D eigenvalue weighted by Crippen LogP contribution is 2.65. The average molecular weight is 722 g/mol. The van der Waals surface area contributed by atoms with Gasteiger partial charge in [0, 0.05) is 13.0 Å². The minimum absolute atomic E-state index is 0.000802. The van der Waals surface area contributed by atoms with Gasteiger partial charge in [-0.05, 0) is 54.1 Å². The Labute approximate surface area is 301 Å². The fourth-order valence-corrected chi connectivity index (χ4v) is 9.60. The number of amides is 5. The van der Waals surface area contributed by atoms with Crippen molar-refractivity contribution in [3.05, 3.63) is 30.3 Å². The van der Waals surface area contributed by atoms with Crippen LogP contribution in [0.5, 0.6) is 0 Å². The Balaban J connectivity index is 1.56. The minimum atomic E-state index is -3.74. The minimum Gasteiger partial charge on any atom is -0.344 e. The van der Waals surface area contributed by atoms with Crippen molar-refractivity contribution in [2.75, 3.05) is 18.8 Å². The predicted molar refractivity (Wildman–Crippen MR) is 192 cm³/mol. The second-order valence-corrected chi connectivity index (χ2v) is 17.7. The van der Waals surface area contributed by atoms with Crippen LogP contribution in [0.3, 0.4) is 0 Å². The van der Waals surface area contributed by atoms with E-state index in [0.717, 1.165) is 19.3 Å². The van der Waals surface area contributed by atoms with Gasteiger partial charge in [-0.25, -0.2) is 13.2 Å². The molecule has 4 N–H and O–H groups in total. The number of ketones is 1. The number of sulfone groups is 1. The molecule has 1 heterocycles. The number of likely N-dealkylation sites (tertiary alicyclic amines) is 1. The van der Waals surface area contributed by atoms with Gasteiger partial charge >= 0.3 is 6.03 Å². The summed E-state index contributed by atoms with van der Waals surface area (Å²) in [5, 5.41) is 10.8. The molecule has 0 spiro atoms. The number of Topliss-reactive ketones (excluding diaryl/α,β-unsaturated/α-hetero) is 1. The van der Waals surface area contributed by atoms with Crippen molar-refractivity contribution in [2.45, 2.75) is 108 Å². The molecule has 1 unspecified atom stereocenters. The topological polar surface area (TPSA) is 171 Å². The van der Waals surface area contributed by atoms with Crippen LogP contribution in [0, 0.1) is 47.4 Å². The summed E-state index contributed by atoms with van der Waals surface area (Å²) in [5.41, 5.74) is -2.11. The maximum Gasteiger partial charge on any atom is 0.315 e. The van der Waals surface area contributed by atoms with Crippen LogP contribution in [-0.4, -0.2) is 85.4 Å². The van der Waals surface area contributed by atoms with Gasteiger partial charge in [0.15, 0.2) is 9.84 Å². The van der Waals surface area contributed by atoms with E-state index in [1.54, 1.807) is 39.0 Å². The first-order valence-corrected chi connectivity index (χ1v) is 19.2. The highest BCUT2D eigenvalue weighted by Gasteiger charge is 2.70. The monoisotopic (exact) mass is 721 g/mol. The zero-order valence-corrected chi connectivity index (χ0v) is 31.0. The molecule has 1 aliphatic heterocycles. The van der Waals surface area contributed by atoms with Gasteiger partial charge in [-0.3, -0.25) is 19.2 Å². The smallest absolute Gasteiger partial charge is 0.315 e. The van der Waals surface area contributed by atoms with E-state index >= 15 is 0 Å². The van der Waals surface area contributed by atoms with E-state index in [4.69, 9.17) is 12.8 Å². The molecule has 0 radical (unpaired) electrons. The third-order valence-corrected chi connectivity index (χ3v) is 12.6. The number of nitrogens with one attached hydrogen (secondary N) is 4. The zero-order valence-electron chi connectivity index (χ0n) is 30.2. The number of terminal acetylenes is 2. The summed E-state index contributed by atoms with van der Waals surface area (Å²) < 4.78 is 26.9. The maximum absolute atomic E-state index is 14.5. The van der Waals surface area contributed by atoms with Gasteiger partial charge in [-0.2, -0.15) is 0 Å². The van der Waals surface area contributed by atoms with Crippen molar-refractivity contribution in [1.82, 2.24) is 26.2 Å². The lowest BCUT2D eigenvalue weighted by molar-refractivity contribution is -0.145. The summed E-state index contributed by atoms with van der Waals surface area (Å²) in [6, 6.07) is 4.17. The molecule has 2 saturated carbocycles. The fourth-order valence-electron chi connectivity index (χ4n) is 7.77. The van der Waals surface area contributed by atoms with E-state index in [1.807, 2.05) is 13.8 Å². The Morgan fingerprint density at radius 3 is 2.22 bits per heavy atom. The number of carbonyl (C=O) groups excluding carboxylic acids is 5. The maximum atomic E-state index is 14.5. The molecule has 13 heteroatoms. The molecule has 1 saturated heterocycles. The van der Waals surface area contributed by atoms with Crippen molar-refractivity contribution in [3.8, 4) is 24.7 Å². The van der Waals surface area contributed by atoms with Crippen molar-refractivity contribution in [1.29, 1.82) is 0 Å². The van der Waals surface area contributed by atoms with Crippen molar-refractivity contribution < 1.29 is 32.4 Å². The van der Waals surface area contributed by atoms with Crippen molar-refractivity contribution in [2.24, 2.45) is 22.7 Å². The first-order valence-electron chi connectivity index (χ1n) is 17.5. The van der Waals surface area contributed by atoms with Crippen LogP contribution in [0.2, 0.25) is 0 Å². The molecule has 4 rings (SSSR count). The largest absolute Gasteiger partial charge is 0.344 e. The van der Waals surface area contributed by atoms with Gasteiger partial charge in [-0.15, -0.1) is 18.8 Å². The molecule has 5 amide bonds. The van der Waals surface area contributed by atoms with E-state index in [-0.39, 0.29) is 53.8 Å². The third kappa shape index (κ3) is 8.93. The van der Waals surface area contributed by atoms with Gasteiger partial charge in [0.05, 0.1) is 28.8 Å². The molecule has 1 aromatic rings. The van der Waals surface area contributed by atoms with E-state index in [1.165, 1.54) is 17.0 Å². The fraction of sp³-hybridized carbons (Fsp3) is 0.605. The number of piperidine rings is 1. The lowest BCUT2D eigenvalue weighted by Crippen LogP contribution is -2.63. The predicted octanol–water partition coefficient (Wildman–Crippen LogP) is 2.58. The third-order valence-electron chi connectivity index (χ3n) is 10.7. The Morgan fingerprint density at radius 1 is 0.980 bits per heavy atom. The molecule has 12 nitrogen and oxygen atoms in total. The van der Waals surface area contributed by atoms with Gasteiger partial charge in [0.1, 0.15) is 12.1 Å². The number of hydrogen-bond acceptors (Lipinski definition) is 7. The molecular formula is C38H51N5O7S. The lowest BCUT2D eigenvalue weighted by atomic mass is 9.83. The lowest BCUT2D eigenvalue weighted by Gasteiger charge is -2.40.